The highest BCUT2D eigenvalue weighted by molar-refractivity contribution is 5.40. The summed E-state index contributed by atoms with van der Waals surface area (Å²) in [4.78, 5) is 0. The minimum absolute atomic E-state index is 0.289. The van der Waals surface area contributed by atoms with Gasteiger partial charge in [0.25, 0.3) is 0 Å². The largest absolute Gasteiger partial charge is 0.374 e. The van der Waals surface area contributed by atoms with Crippen molar-refractivity contribution in [2.45, 2.75) is 32.8 Å². The summed E-state index contributed by atoms with van der Waals surface area (Å²) in [6.07, 6.45) is 13.1. The lowest BCUT2D eigenvalue weighted by Crippen LogP contribution is -2.09. The second-order valence-corrected chi connectivity index (χ2v) is 3.17. The van der Waals surface area contributed by atoms with E-state index >= 15 is 0 Å². The third kappa shape index (κ3) is 3.60. The van der Waals surface area contributed by atoms with E-state index < -0.39 is 0 Å². The molecule has 0 bridgehead atoms. The molecule has 0 radical (unpaired) electrons. The first-order valence-corrected chi connectivity index (χ1v) is 5.05. The van der Waals surface area contributed by atoms with Gasteiger partial charge >= 0.3 is 0 Å². The Balaban J connectivity index is 2.49. The fourth-order valence-corrected chi connectivity index (χ4v) is 1.43. The maximum atomic E-state index is 5.60. The molecule has 0 fully saturated rings. The molecule has 13 heavy (non-hydrogen) atoms. The normalized spacial score (nSPS) is 16.6. The SMILES string of the molecule is CCCC(C=C1C=CC=C1)OCC. The molecule has 1 unspecified atom stereocenters. The van der Waals surface area contributed by atoms with E-state index in [0.29, 0.717) is 0 Å². The topological polar surface area (TPSA) is 9.23 Å². The van der Waals surface area contributed by atoms with E-state index in [1.54, 1.807) is 0 Å². The zero-order valence-corrected chi connectivity index (χ0v) is 8.49. The Labute approximate surface area is 80.8 Å². The molecule has 1 heteroatoms. The Morgan fingerprint density at radius 2 is 2.00 bits per heavy atom. The van der Waals surface area contributed by atoms with E-state index in [4.69, 9.17) is 4.74 Å². The molecule has 0 aromatic heterocycles. The molecule has 0 N–H and O–H groups in total. The van der Waals surface area contributed by atoms with E-state index in [0.717, 1.165) is 13.0 Å². The van der Waals surface area contributed by atoms with E-state index in [1.807, 2.05) is 6.92 Å². The number of hydrogen-bond acceptors (Lipinski definition) is 1. The van der Waals surface area contributed by atoms with Gasteiger partial charge < -0.3 is 4.74 Å². The van der Waals surface area contributed by atoms with Crippen molar-refractivity contribution in [3.8, 4) is 0 Å². The number of hydrogen-bond donors (Lipinski definition) is 0. The van der Waals surface area contributed by atoms with Crippen molar-refractivity contribution in [2.24, 2.45) is 0 Å². The van der Waals surface area contributed by atoms with Crippen LogP contribution in [0.3, 0.4) is 0 Å². The Kier molecular flexibility index (Phi) is 4.55. The standard InChI is InChI=1S/C12H18O/c1-3-7-12(13-4-2)10-11-8-5-6-9-11/h5-6,8-10,12H,3-4,7H2,1-2H3. The smallest absolute Gasteiger partial charge is 0.0764 e. The van der Waals surface area contributed by atoms with Crippen LogP contribution in [0.1, 0.15) is 26.7 Å². The van der Waals surface area contributed by atoms with E-state index in [-0.39, 0.29) is 6.10 Å². The third-order valence-electron chi connectivity index (χ3n) is 2.02. The lowest BCUT2D eigenvalue weighted by Gasteiger charge is -2.11. The molecule has 72 valence electrons. The molecule has 0 aromatic carbocycles. The Bertz CT molecular complexity index is 203. The van der Waals surface area contributed by atoms with Crippen LogP contribution in [0, 0.1) is 0 Å². The summed E-state index contributed by atoms with van der Waals surface area (Å²) in [5.74, 6) is 0. The van der Waals surface area contributed by atoms with Gasteiger partial charge in [-0.2, -0.15) is 0 Å². The van der Waals surface area contributed by atoms with Gasteiger partial charge in [-0.3, -0.25) is 0 Å². The van der Waals surface area contributed by atoms with Crippen molar-refractivity contribution in [1.82, 2.24) is 0 Å². The van der Waals surface area contributed by atoms with Crippen molar-refractivity contribution < 1.29 is 4.74 Å². The zero-order valence-electron chi connectivity index (χ0n) is 8.49. The van der Waals surface area contributed by atoms with Crippen LogP contribution >= 0.6 is 0 Å². The van der Waals surface area contributed by atoms with Crippen LogP contribution in [0.4, 0.5) is 0 Å². The summed E-state index contributed by atoms with van der Waals surface area (Å²) in [5, 5.41) is 0. The van der Waals surface area contributed by atoms with Gasteiger partial charge in [-0.15, -0.1) is 0 Å². The van der Waals surface area contributed by atoms with Gasteiger partial charge in [0.05, 0.1) is 6.10 Å². The predicted molar refractivity (Wildman–Crippen MR) is 56.7 cm³/mol. The fourth-order valence-electron chi connectivity index (χ4n) is 1.43. The predicted octanol–water partition coefficient (Wildman–Crippen LogP) is 3.24. The molecule has 1 nitrogen and oxygen atoms in total. The second-order valence-electron chi connectivity index (χ2n) is 3.17. The lowest BCUT2D eigenvalue weighted by molar-refractivity contribution is 0.0895. The molecular weight excluding hydrogens is 160 g/mol. The third-order valence-corrected chi connectivity index (χ3v) is 2.02. The van der Waals surface area contributed by atoms with Crippen LogP contribution in [0.25, 0.3) is 0 Å². The quantitative estimate of drug-likeness (QED) is 0.628. The molecule has 1 aliphatic rings. The molecule has 1 atom stereocenters. The second kappa shape index (κ2) is 5.76. The molecular formula is C12H18O. The highest BCUT2D eigenvalue weighted by Crippen LogP contribution is 2.12. The molecule has 0 saturated carbocycles. The van der Waals surface area contributed by atoms with Gasteiger partial charge in [0.1, 0.15) is 0 Å². The summed E-state index contributed by atoms with van der Waals surface area (Å²) < 4.78 is 5.60. The van der Waals surface area contributed by atoms with Crippen LogP contribution < -0.4 is 0 Å². The number of ether oxygens (including phenoxy) is 1. The average molecular weight is 178 g/mol. The van der Waals surface area contributed by atoms with Gasteiger partial charge in [0, 0.05) is 6.61 Å². The highest BCUT2D eigenvalue weighted by atomic mass is 16.5. The Morgan fingerprint density at radius 1 is 1.31 bits per heavy atom. The Hall–Kier alpha value is -0.820. The highest BCUT2D eigenvalue weighted by Gasteiger charge is 2.04. The monoisotopic (exact) mass is 178 g/mol. The van der Waals surface area contributed by atoms with Gasteiger partial charge in [-0.05, 0) is 25.0 Å². The molecule has 0 aromatic rings. The molecule has 1 aliphatic carbocycles. The first-order valence-electron chi connectivity index (χ1n) is 5.05. The van der Waals surface area contributed by atoms with Crippen molar-refractivity contribution in [1.29, 1.82) is 0 Å². The first-order chi connectivity index (χ1) is 6.36. The van der Waals surface area contributed by atoms with E-state index in [9.17, 15) is 0 Å². The summed E-state index contributed by atoms with van der Waals surface area (Å²) in [5.41, 5.74) is 1.27. The maximum absolute atomic E-state index is 5.60. The minimum Gasteiger partial charge on any atom is -0.374 e. The van der Waals surface area contributed by atoms with Crippen molar-refractivity contribution >= 4 is 0 Å². The van der Waals surface area contributed by atoms with Gasteiger partial charge in [0.2, 0.25) is 0 Å². The van der Waals surface area contributed by atoms with Crippen LogP contribution in [-0.4, -0.2) is 12.7 Å². The zero-order chi connectivity index (χ0) is 9.52. The molecule has 0 heterocycles. The van der Waals surface area contributed by atoms with Crippen molar-refractivity contribution in [2.75, 3.05) is 6.61 Å². The van der Waals surface area contributed by atoms with Crippen LogP contribution in [0.15, 0.2) is 36.0 Å². The number of rotatable bonds is 5. The van der Waals surface area contributed by atoms with Gasteiger partial charge in [-0.1, -0.05) is 37.6 Å². The van der Waals surface area contributed by atoms with E-state index in [1.165, 1.54) is 12.0 Å². The van der Waals surface area contributed by atoms with Crippen molar-refractivity contribution in [3.05, 3.63) is 36.0 Å². The molecule has 0 aliphatic heterocycles. The average Bonchev–Trinajstić information content (AvgIpc) is 2.58. The first kappa shape index (κ1) is 10.3. The fraction of sp³-hybridized carbons (Fsp3) is 0.500. The number of allylic oxidation sites excluding steroid dienone is 5. The molecule has 0 saturated heterocycles. The minimum atomic E-state index is 0.289. The Morgan fingerprint density at radius 3 is 2.54 bits per heavy atom. The van der Waals surface area contributed by atoms with E-state index in [2.05, 4.69) is 37.3 Å². The molecule has 0 spiro atoms. The molecule has 0 amide bonds. The summed E-state index contributed by atoms with van der Waals surface area (Å²) >= 11 is 0. The van der Waals surface area contributed by atoms with Crippen LogP contribution in [0.5, 0.6) is 0 Å². The van der Waals surface area contributed by atoms with Gasteiger partial charge in [-0.25, -0.2) is 0 Å². The lowest BCUT2D eigenvalue weighted by atomic mass is 10.1. The molecule has 1 rings (SSSR count). The van der Waals surface area contributed by atoms with Crippen LogP contribution in [-0.2, 0) is 4.74 Å². The maximum Gasteiger partial charge on any atom is 0.0764 e. The summed E-state index contributed by atoms with van der Waals surface area (Å²) in [7, 11) is 0. The summed E-state index contributed by atoms with van der Waals surface area (Å²) in [6, 6.07) is 0. The van der Waals surface area contributed by atoms with Crippen LogP contribution in [0.2, 0.25) is 0 Å². The summed E-state index contributed by atoms with van der Waals surface area (Å²) in [6.45, 7) is 5.02. The van der Waals surface area contributed by atoms with Gasteiger partial charge in [0.15, 0.2) is 0 Å². The van der Waals surface area contributed by atoms with Crippen molar-refractivity contribution in [3.63, 3.8) is 0 Å².